The average Bonchev–Trinajstić information content (AvgIpc) is 2.73. The zero-order chi connectivity index (χ0) is 20.1. The highest BCUT2D eigenvalue weighted by atomic mass is 32.2. The third-order valence-corrected chi connectivity index (χ3v) is 5.68. The largest absolute Gasteiger partial charge is 0.497 e. The van der Waals surface area contributed by atoms with Gasteiger partial charge >= 0.3 is 0 Å². The summed E-state index contributed by atoms with van der Waals surface area (Å²) in [5.74, 6) is 0.707. The fourth-order valence-corrected chi connectivity index (χ4v) is 3.96. The molecular weight excluding hydrogens is 372 g/mol. The van der Waals surface area contributed by atoms with Crippen LogP contribution in [0.3, 0.4) is 0 Å². The molecule has 3 rings (SSSR count). The van der Waals surface area contributed by atoms with Crippen molar-refractivity contribution in [3.05, 3.63) is 64.4 Å². The molecule has 0 spiro atoms. The van der Waals surface area contributed by atoms with Crippen LogP contribution in [-0.2, 0) is 6.54 Å². The van der Waals surface area contributed by atoms with E-state index in [2.05, 4.69) is 11.9 Å². The molecule has 0 amide bonds. The summed E-state index contributed by atoms with van der Waals surface area (Å²) in [6.45, 7) is 4.53. The van der Waals surface area contributed by atoms with Crippen molar-refractivity contribution < 1.29 is 9.53 Å². The van der Waals surface area contributed by atoms with Crippen molar-refractivity contribution in [1.82, 2.24) is 9.55 Å². The number of ketones is 1. The van der Waals surface area contributed by atoms with E-state index < -0.39 is 0 Å². The van der Waals surface area contributed by atoms with E-state index in [0.717, 1.165) is 12.8 Å². The maximum Gasteiger partial charge on any atom is 0.262 e. The number of carbonyl (C=O) groups is 1. The number of methoxy groups -OCH3 is 1. The maximum absolute atomic E-state index is 13.0. The Morgan fingerprint density at radius 2 is 1.89 bits per heavy atom. The number of para-hydroxylation sites is 1. The second-order valence-electron chi connectivity index (χ2n) is 6.57. The minimum Gasteiger partial charge on any atom is -0.497 e. The van der Waals surface area contributed by atoms with Crippen LogP contribution in [0.2, 0.25) is 0 Å². The van der Waals surface area contributed by atoms with E-state index in [9.17, 15) is 9.59 Å². The highest BCUT2D eigenvalue weighted by Gasteiger charge is 2.20. The van der Waals surface area contributed by atoms with Crippen LogP contribution in [0.4, 0.5) is 0 Å². The number of carbonyl (C=O) groups excluding carboxylic acids is 1. The first-order valence-electron chi connectivity index (χ1n) is 9.39. The lowest BCUT2D eigenvalue weighted by Gasteiger charge is -2.16. The van der Waals surface area contributed by atoms with Crippen LogP contribution in [0.15, 0.2) is 58.5 Å². The molecule has 0 radical (unpaired) electrons. The van der Waals surface area contributed by atoms with Crippen molar-refractivity contribution in [2.45, 2.75) is 43.6 Å². The van der Waals surface area contributed by atoms with Crippen LogP contribution >= 0.6 is 11.8 Å². The molecule has 1 aromatic heterocycles. The van der Waals surface area contributed by atoms with Gasteiger partial charge in [-0.15, -0.1) is 0 Å². The summed E-state index contributed by atoms with van der Waals surface area (Å²) in [4.78, 5) is 30.5. The van der Waals surface area contributed by atoms with Gasteiger partial charge in [0.05, 0.1) is 23.3 Å². The number of hydrogen-bond donors (Lipinski definition) is 0. The molecule has 5 nitrogen and oxygen atoms in total. The molecule has 0 aliphatic carbocycles. The summed E-state index contributed by atoms with van der Waals surface area (Å²) in [5.41, 5.74) is 1.22. The summed E-state index contributed by atoms with van der Waals surface area (Å²) in [6, 6.07) is 14.4. The van der Waals surface area contributed by atoms with Gasteiger partial charge < -0.3 is 4.74 Å². The fraction of sp³-hybridized carbons (Fsp3) is 0.318. The van der Waals surface area contributed by atoms with E-state index in [1.165, 1.54) is 11.8 Å². The molecule has 2 aromatic carbocycles. The van der Waals surface area contributed by atoms with Gasteiger partial charge in [0.25, 0.3) is 5.56 Å². The van der Waals surface area contributed by atoms with Crippen LogP contribution in [0.5, 0.6) is 5.75 Å². The maximum atomic E-state index is 13.0. The number of nitrogens with zero attached hydrogens (tertiary/aromatic N) is 2. The Labute approximate surface area is 168 Å². The van der Waals surface area contributed by atoms with Crippen LogP contribution in [0, 0.1) is 0 Å². The second kappa shape index (κ2) is 9.06. The summed E-state index contributed by atoms with van der Waals surface area (Å²) in [7, 11) is 1.59. The lowest BCUT2D eigenvalue weighted by Crippen LogP contribution is -2.25. The number of rotatable bonds is 8. The molecule has 1 atom stereocenters. The molecule has 0 fully saturated rings. The standard InChI is InChI=1S/C22H24N2O3S/c1-4-5-14-24-21(26)18-8-6-7-9-19(18)23-22(24)28-15(2)20(25)16-10-12-17(27-3)13-11-16/h6-13,15H,4-5,14H2,1-3H3. The minimum absolute atomic E-state index is 0.00268. The second-order valence-corrected chi connectivity index (χ2v) is 7.88. The fourth-order valence-electron chi connectivity index (χ4n) is 2.95. The lowest BCUT2D eigenvalue weighted by atomic mass is 10.1. The summed E-state index contributed by atoms with van der Waals surface area (Å²) in [6.07, 6.45) is 1.86. The van der Waals surface area contributed by atoms with Gasteiger partial charge in [-0.05, 0) is 49.7 Å². The first kappa shape index (κ1) is 20.1. The van der Waals surface area contributed by atoms with Crippen LogP contribution < -0.4 is 10.3 Å². The molecule has 0 bridgehead atoms. The molecule has 1 unspecified atom stereocenters. The first-order chi connectivity index (χ1) is 13.5. The highest BCUT2D eigenvalue weighted by molar-refractivity contribution is 8.00. The third-order valence-electron chi connectivity index (χ3n) is 4.59. The summed E-state index contributed by atoms with van der Waals surface area (Å²) < 4.78 is 6.85. The van der Waals surface area contributed by atoms with Crippen molar-refractivity contribution in [2.24, 2.45) is 0 Å². The lowest BCUT2D eigenvalue weighted by molar-refractivity contribution is 0.0994. The van der Waals surface area contributed by atoms with Gasteiger partial charge in [-0.25, -0.2) is 4.98 Å². The Morgan fingerprint density at radius 1 is 1.18 bits per heavy atom. The third kappa shape index (κ3) is 4.28. The van der Waals surface area contributed by atoms with E-state index in [1.807, 2.05) is 25.1 Å². The normalized spacial score (nSPS) is 12.1. The molecule has 0 saturated carbocycles. The van der Waals surface area contributed by atoms with Gasteiger partial charge in [0.2, 0.25) is 0 Å². The number of Topliss-reactive ketones (excluding diaryl/α,β-unsaturated/α-hetero) is 1. The average molecular weight is 397 g/mol. The number of unbranched alkanes of at least 4 members (excludes halogenated alkanes) is 1. The number of thioether (sulfide) groups is 1. The zero-order valence-electron chi connectivity index (χ0n) is 16.3. The van der Waals surface area contributed by atoms with Crippen molar-refractivity contribution in [3.63, 3.8) is 0 Å². The Kier molecular flexibility index (Phi) is 6.52. The first-order valence-corrected chi connectivity index (χ1v) is 10.3. The SMILES string of the molecule is CCCCn1c(SC(C)C(=O)c2ccc(OC)cc2)nc2ccccc2c1=O. The van der Waals surface area contributed by atoms with E-state index in [1.54, 1.807) is 42.0 Å². The van der Waals surface area contributed by atoms with Crippen LogP contribution in [0.1, 0.15) is 37.0 Å². The van der Waals surface area contributed by atoms with Gasteiger partial charge in [-0.1, -0.05) is 37.2 Å². The molecule has 28 heavy (non-hydrogen) atoms. The predicted molar refractivity (Wildman–Crippen MR) is 114 cm³/mol. The molecule has 3 aromatic rings. The van der Waals surface area contributed by atoms with E-state index >= 15 is 0 Å². The highest BCUT2D eigenvalue weighted by Crippen LogP contribution is 2.26. The Balaban J connectivity index is 1.92. The van der Waals surface area contributed by atoms with Gasteiger partial charge in [-0.3, -0.25) is 14.2 Å². The Hall–Kier alpha value is -2.60. The Morgan fingerprint density at radius 3 is 2.57 bits per heavy atom. The zero-order valence-corrected chi connectivity index (χ0v) is 17.2. The predicted octanol–water partition coefficient (Wildman–Crippen LogP) is 4.57. The topological polar surface area (TPSA) is 61.2 Å². The van der Waals surface area contributed by atoms with E-state index in [0.29, 0.717) is 33.9 Å². The van der Waals surface area contributed by atoms with Crippen LogP contribution in [-0.4, -0.2) is 27.7 Å². The van der Waals surface area contributed by atoms with Gasteiger partial charge in [0.15, 0.2) is 10.9 Å². The molecule has 0 N–H and O–H groups in total. The molecule has 1 heterocycles. The van der Waals surface area contributed by atoms with Gasteiger partial charge in [0, 0.05) is 12.1 Å². The number of ether oxygens (including phenoxy) is 1. The van der Waals surface area contributed by atoms with E-state index in [4.69, 9.17) is 4.74 Å². The van der Waals surface area contributed by atoms with Crippen LogP contribution in [0.25, 0.3) is 10.9 Å². The quantitative estimate of drug-likeness (QED) is 0.317. The molecule has 0 aliphatic rings. The number of aromatic nitrogens is 2. The molecule has 6 heteroatoms. The number of benzene rings is 2. The molecule has 0 aliphatic heterocycles. The van der Waals surface area contributed by atoms with Gasteiger partial charge in [0.1, 0.15) is 5.75 Å². The molecule has 146 valence electrons. The monoisotopic (exact) mass is 396 g/mol. The van der Waals surface area contributed by atoms with Crippen molar-refractivity contribution in [2.75, 3.05) is 7.11 Å². The van der Waals surface area contributed by atoms with E-state index in [-0.39, 0.29) is 16.6 Å². The van der Waals surface area contributed by atoms with Gasteiger partial charge in [-0.2, -0.15) is 0 Å². The van der Waals surface area contributed by atoms with Crippen molar-refractivity contribution in [3.8, 4) is 5.75 Å². The summed E-state index contributed by atoms with van der Waals surface area (Å²) >= 11 is 1.33. The minimum atomic E-state index is -0.366. The number of hydrogen-bond acceptors (Lipinski definition) is 5. The van der Waals surface area contributed by atoms with Crippen molar-refractivity contribution in [1.29, 1.82) is 0 Å². The Bertz CT molecular complexity index is 1030. The van der Waals surface area contributed by atoms with Crippen molar-refractivity contribution >= 4 is 28.4 Å². The smallest absolute Gasteiger partial charge is 0.262 e. The molecular formula is C22H24N2O3S. The number of fused-ring (bicyclic) bond motifs is 1. The molecule has 0 saturated heterocycles. The summed E-state index contributed by atoms with van der Waals surface area (Å²) in [5, 5.41) is 0.831.